The molecule has 0 N–H and O–H groups in total. The van der Waals surface area contributed by atoms with Crippen molar-refractivity contribution in [2.75, 3.05) is 31.1 Å². The van der Waals surface area contributed by atoms with Crippen LogP contribution < -0.4 is 9.64 Å². The Bertz CT molecular complexity index is 854. The van der Waals surface area contributed by atoms with Crippen LogP contribution in [0.2, 0.25) is 0 Å². The van der Waals surface area contributed by atoms with Crippen LogP contribution in [0.4, 0.5) is 19.0 Å². The van der Waals surface area contributed by atoms with Crippen LogP contribution in [-0.4, -0.2) is 55.2 Å². The summed E-state index contributed by atoms with van der Waals surface area (Å²) in [6, 6.07) is 4.38. The number of rotatable bonds is 4. The maximum atomic E-state index is 12.7. The van der Waals surface area contributed by atoms with Gasteiger partial charge in [-0.3, -0.25) is 4.98 Å². The van der Waals surface area contributed by atoms with E-state index in [9.17, 15) is 21.6 Å². The van der Waals surface area contributed by atoms with Crippen molar-refractivity contribution < 1.29 is 26.3 Å². The molecule has 1 fully saturated rings. The summed E-state index contributed by atoms with van der Waals surface area (Å²) in [5.74, 6) is 0.0712. The van der Waals surface area contributed by atoms with Crippen molar-refractivity contribution in [3.8, 4) is 5.75 Å². The zero-order valence-electron chi connectivity index (χ0n) is 13.4. The van der Waals surface area contributed by atoms with Gasteiger partial charge in [0.2, 0.25) is 10.0 Å². The van der Waals surface area contributed by atoms with Crippen LogP contribution in [0.25, 0.3) is 0 Å². The summed E-state index contributed by atoms with van der Waals surface area (Å²) >= 11 is 0. The molecule has 7 nitrogen and oxygen atoms in total. The predicted molar refractivity (Wildman–Crippen MR) is 86.1 cm³/mol. The molecule has 11 heteroatoms. The van der Waals surface area contributed by atoms with Gasteiger partial charge < -0.3 is 9.64 Å². The highest BCUT2D eigenvalue weighted by atomic mass is 32.2. The van der Waals surface area contributed by atoms with Gasteiger partial charge in [0.05, 0.1) is 11.1 Å². The first kappa shape index (κ1) is 18.4. The summed E-state index contributed by atoms with van der Waals surface area (Å²) < 4.78 is 67.4. The summed E-state index contributed by atoms with van der Waals surface area (Å²) in [6.45, 7) is 1.17. The molecule has 0 aliphatic carbocycles. The number of nitrogens with zero attached hydrogens (tertiary/aromatic N) is 4. The average Bonchev–Trinajstić information content (AvgIpc) is 2.61. The molecule has 0 radical (unpaired) electrons. The molecule has 0 bridgehead atoms. The molecule has 0 spiro atoms. The van der Waals surface area contributed by atoms with Gasteiger partial charge in [-0.05, 0) is 12.1 Å². The fraction of sp³-hybridized carbons (Fsp3) is 0.333. The number of halogens is 3. The number of hydrogen-bond donors (Lipinski definition) is 0. The van der Waals surface area contributed by atoms with E-state index in [0.29, 0.717) is 18.9 Å². The molecule has 0 saturated carbocycles. The van der Waals surface area contributed by atoms with Gasteiger partial charge in [-0.1, -0.05) is 6.07 Å². The van der Waals surface area contributed by atoms with Crippen LogP contribution in [0.3, 0.4) is 0 Å². The summed E-state index contributed by atoms with van der Waals surface area (Å²) in [5, 5.41) is 0. The van der Waals surface area contributed by atoms with Gasteiger partial charge in [0, 0.05) is 44.6 Å². The Kier molecular flexibility index (Phi) is 5.01. The Hall–Kier alpha value is -2.40. The van der Waals surface area contributed by atoms with E-state index >= 15 is 0 Å². The molecule has 140 valence electrons. The van der Waals surface area contributed by atoms with Crippen LogP contribution in [0.15, 0.2) is 47.8 Å². The van der Waals surface area contributed by atoms with Gasteiger partial charge in [-0.2, -0.15) is 4.31 Å². The molecule has 1 aromatic carbocycles. The number of sulfonamides is 1. The molecule has 2 aromatic rings. The number of ether oxygens (including phenoxy) is 1. The molecular weight excluding hydrogens is 373 g/mol. The first-order valence-corrected chi connectivity index (χ1v) is 9.07. The average molecular weight is 388 g/mol. The molecule has 3 rings (SSSR count). The van der Waals surface area contributed by atoms with E-state index < -0.39 is 22.1 Å². The number of aromatic nitrogens is 2. The predicted octanol–water partition coefficient (Wildman–Crippen LogP) is 1.89. The van der Waals surface area contributed by atoms with E-state index in [-0.39, 0.29) is 18.0 Å². The Morgan fingerprint density at radius 2 is 1.81 bits per heavy atom. The first-order valence-electron chi connectivity index (χ1n) is 7.63. The lowest BCUT2D eigenvalue weighted by molar-refractivity contribution is -0.274. The van der Waals surface area contributed by atoms with E-state index in [1.54, 1.807) is 18.6 Å². The molecule has 0 amide bonds. The Labute approximate surface area is 148 Å². The third-order valence-electron chi connectivity index (χ3n) is 3.79. The van der Waals surface area contributed by atoms with E-state index in [1.807, 2.05) is 4.90 Å². The molecule has 1 saturated heterocycles. The Morgan fingerprint density at radius 3 is 2.42 bits per heavy atom. The summed E-state index contributed by atoms with van der Waals surface area (Å²) in [7, 11) is -3.92. The monoisotopic (exact) mass is 388 g/mol. The number of alkyl halides is 3. The smallest absolute Gasteiger partial charge is 0.406 e. The van der Waals surface area contributed by atoms with Gasteiger partial charge in [0.15, 0.2) is 0 Å². The molecule has 1 aliphatic heterocycles. The van der Waals surface area contributed by atoms with E-state index in [1.165, 1.54) is 16.4 Å². The van der Waals surface area contributed by atoms with Crippen LogP contribution in [0.5, 0.6) is 5.75 Å². The van der Waals surface area contributed by atoms with Crippen molar-refractivity contribution in [1.29, 1.82) is 0 Å². The largest absolute Gasteiger partial charge is 0.573 e. The third kappa shape index (κ3) is 4.22. The number of hydrogen-bond acceptors (Lipinski definition) is 6. The fourth-order valence-electron chi connectivity index (χ4n) is 2.59. The van der Waals surface area contributed by atoms with Crippen molar-refractivity contribution in [2.24, 2.45) is 0 Å². The number of anilines is 1. The molecular formula is C15H15F3N4O3S. The van der Waals surface area contributed by atoms with Crippen LogP contribution in [0.1, 0.15) is 0 Å². The molecule has 0 unspecified atom stereocenters. The zero-order chi connectivity index (χ0) is 18.8. The number of benzene rings is 1. The van der Waals surface area contributed by atoms with Gasteiger partial charge in [-0.25, -0.2) is 13.4 Å². The lowest BCUT2D eigenvalue weighted by atomic mass is 10.3. The standard InChI is InChI=1S/C15H15F3N4O3S/c16-15(17,18)25-12-2-1-3-13(10-12)26(23,24)22-8-6-21(7-9-22)14-11-19-4-5-20-14/h1-5,10-11H,6-9H2. The van der Waals surface area contributed by atoms with E-state index in [4.69, 9.17) is 0 Å². The van der Waals surface area contributed by atoms with Gasteiger partial charge >= 0.3 is 6.36 Å². The highest BCUT2D eigenvalue weighted by molar-refractivity contribution is 7.89. The number of piperazine rings is 1. The Balaban J connectivity index is 1.72. The lowest BCUT2D eigenvalue weighted by Gasteiger charge is -2.34. The lowest BCUT2D eigenvalue weighted by Crippen LogP contribution is -2.48. The molecule has 1 aliphatic rings. The van der Waals surface area contributed by atoms with Crippen molar-refractivity contribution in [3.63, 3.8) is 0 Å². The quantitative estimate of drug-likeness (QED) is 0.796. The van der Waals surface area contributed by atoms with Crippen LogP contribution in [0, 0.1) is 0 Å². The summed E-state index contributed by atoms with van der Waals surface area (Å²) in [6.07, 6.45) is -0.211. The second-order valence-corrected chi connectivity index (χ2v) is 7.42. The van der Waals surface area contributed by atoms with Crippen molar-refractivity contribution >= 4 is 15.8 Å². The van der Waals surface area contributed by atoms with E-state index in [0.717, 1.165) is 12.1 Å². The normalized spacial score (nSPS) is 16.5. The first-order chi connectivity index (χ1) is 12.3. The van der Waals surface area contributed by atoms with Gasteiger partial charge in [0.1, 0.15) is 11.6 Å². The van der Waals surface area contributed by atoms with Crippen LogP contribution in [-0.2, 0) is 10.0 Å². The van der Waals surface area contributed by atoms with Crippen molar-refractivity contribution in [2.45, 2.75) is 11.3 Å². The Morgan fingerprint density at radius 1 is 1.08 bits per heavy atom. The van der Waals surface area contributed by atoms with Crippen molar-refractivity contribution in [1.82, 2.24) is 14.3 Å². The molecule has 26 heavy (non-hydrogen) atoms. The maximum Gasteiger partial charge on any atom is 0.573 e. The SMILES string of the molecule is O=S(=O)(c1cccc(OC(F)(F)F)c1)N1CCN(c2cnccn2)CC1. The van der Waals surface area contributed by atoms with E-state index in [2.05, 4.69) is 14.7 Å². The minimum Gasteiger partial charge on any atom is -0.406 e. The highest BCUT2D eigenvalue weighted by Crippen LogP contribution is 2.27. The maximum absolute atomic E-state index is 12.7. The highest BCUT2D eigenvalue weighted by Gasteiger charge is 2.33. The second kappa shape index (κ2) is 7.08. The fourth-order valence-corrected chi connectivity index (χ4v) is 4.05. The third-order valence-corrected chi connectivity index (χ3v) is 5.68. The topological polar surface area (TPSA) is 75.6 Å². The van der Waals surface area contributed by atoms with Crippen LogP contribution >= 0.6 is 0 Å². The minimum atomic E-state index is -4.88. The van der Waals surface area contributed by atoms with Gasteiger partial charge in [-0.15, -0.1) is 13.2 Å². The minimum absolute atomic E-state index is 0.184. The van der Waals surface area contributed by atoms with Gasteiger partial charge in [0.25, 0.3) is 0 Å². The summed E-state index contributed by atoms with van der Waals surface area (Å²) in [4.78, 5) is 9.79. The molecule has 2 heterocycles. The zero-order valence-corrected chi connectivity index (χ0v) is 14.2. The van der Waals surface area contributed by atoms with Crippen molar-refractivity contribution in [3.05, 3.63) is 42.9 Å². The summed E-state index contributed by atoms with van der Waals surface area (Å²) in [5.41, 5.74) is 0. The molecule has 0 atom stereocenters. The molecule has 1 aromatic heterocycles. The second-order valence-electron chi connectivity index (χ2n) is 5.48.